The van der Waals surface area contributed by atoms with E-state index in [1.807, 2.05) is 42.8 Å². The molecule has 27 heavy (non-hydrogen) atoms. The van der Waals surface area contributed by atoms with Crippen molar-refractivity contribution >= 4 is 23.1 Å². The number of benzene rings is 1. The highest BCUT2D eigenvalue weighted by Gasteiger charge is 2.32. The number of hydrogen-bond donors (Lipinski definition) is 1. The van der Waals surface area contributed by atoms with Crippen molar-refractivity contribution in [2.75, 3.05) is 6.54 Å². The Labute approximate surface area is 159 Å². The van der Waals surface area contributed by atoms with Gasteiger partial charge in [-0.05, 0) is 45.7 Å². The average molecular weight is 375 g/mol. The first-order chi connectivity index (χ1) is 12.6. The highest BCUT2D eigenvalue weighted by atomic mass is 16.6. The molecule has 0 aliphatic heterocycles. The minimum Gasteiger partial charge on any atom is -0.480 e. The maximum Gasteiger partial charge on any atom is 0.411 e. The molecule has 0 fully saturated rings. The molecule has 0 saturated heterocycles. The first kappa shape index (κ1) is 20.7. The minimum atomic E-state index is -1.03. The maximum atomic E-state index is 12.5. The fraction of sp³-hybridized carbons (Fsp3) is 0.550. The third-order valence-corrected chi connectivity index (χ3v) is 4.27. The second-order valence-electron chi connectivity index (χ2n) is 7.64. The Balaban J connectivity index is 2.20. The number of aliphatic carboxylic acids is 1. The summed E-state index contributed by atoms with van der Waals surface area (Å²) < 4.78 is 7.37. The molecule has 1 N–H and O–H groups in total. The van der Waals surface area contributed by atoms with E-state index in [0.717, 1.165) is 16.9 Å². The minimum absolute atomic E-state index is 0.270. The van der Waals surface area contributed by atoms with Crippen LogP contribution in [0, 0.1) is 0 Å². The van der Waals surface area contributed by atoms with Gasteiger partial charge in [-0.1, -0.05) is 19.1 Å². The number of imidazole rings is 1. The number of amides is 1. The smallest absolute Gasteiger partial charge is 0.411 e. The average Bonchev–Trinajstić information content (AvgIpc) is 2.89. The van der Waals surface area contributed by atoms with Gasteiger partial charge in [0.05, 0.1) is 11.0 Å². The van der Waals surface area contributed by atoms with E-state index in [4.69, 9.17) is 4.74 Å². The summed E-state index contributed by atoms with van der Waals surface area (Å²) in [5, 5.41) is 9.73. The first-order valence-corrected chi connectivity index (χ1v) is 9.26. The number of ether oxygens (including phenoxy) is 1. The molecule has 1 amide bonds. The number of carbonyl (C=O) groups is 2. The number of fused-ring (bicyclic) bond motifs is 1. The van der Waals surface area contributed by atoms with E-state index in [9.17, 15) is 14.7 Å². The molecule has 7 heteroatoms. The van der Waals surface area contributed by atoms with Crippen LogP contribution < -0.4 is 0 Å². The number of carboxylic acids is 1. The summed E-state index contributed by atoms with van der Waals surface area (Å²) in [5.74, 6) is -0.240. The number of para-hydroxylation sites is 2. The van der Waals surface area contributed by atoms with Crippen LogP contribution in [0.1, 0.15) is 46.4 Å². The fourth-order valence-corrected chi connectivity index (χ4v) is 3.03. The second-order valence-corrected chi connectivity index (χ2v) is 7.64. The molecular formula is C20H29N3O4. The summed E-state index contributed by atoms with van der Waals surface area (Å²) in [6, 6.07) is 6.81. The number of rotatable bonds is 7. The van der Waals surface area contributed by atoms with Crippen LogP contribution in [-0.2, 0) is 23.0 Å². The molecule has 2 aromatic rings. The zero-order valence-electron chi connectivity index (χ0n) is 16.7. The van der Waals surface area contributed by atoms with E-state index in [1.54, 1.807) is 20.8 Å². The van der Waals surface area contributed by atoms with Crippen molar-refractivity contribution in [3.05, 3.63) is 30.1 Å². The summed E-state index contributed by atoms with van der Waals surface area (Å²) in [6.07, 6.45) is 0.772. The molecule has 1 aromatic heterocycles. The highest BCUT2D eigenvalue weighted by molar-refractivity contribution is 5.80. The van der Waals surface area contributed by atoms with Gasteiger partial charge in [-0.2, -0.15) is 0 Å². The number of carboxylic acid groups (broad SMARTS) is 1. The third-order valence-electron chi connectivity index (χ3n) is 4.27. The van der Waals surface area contributed by atoms with Crippen LogP contribution in [0.3, 0.4) is 0 Å². The van der Waals surface area contributed by atoms with E-state index >= 15 is 0 Å². The topological polar surface area (TPSA) is 84.7 Å². The summed E-state index contributed by atoms with van der Waals surface area (Å²) in [6.45, 7) is 7.54. The van der Waals surface area contributed by atoms with E-state index in [1.165, 1.54) is 4.90 Å². The molecule has 2 rings (SSSR count). The molecule has 148 valence electrons. The molecule has 1 aromatic carbocycles. The molecule has 0 saturated carbocycles. The number of hydrogen-bond acceptors (Lipinski definition) is 4. The number of nitrogens with zero attached hydrogens (tertiary/aromatic N) is 3. The second kappa shape index (κ2) is 8.41. The van der Waals surface area contributed by atoms with Gasteiger partial charge in [0.1, 0.15) is 17.5 Å². The van der Waals surface area contributed by atoms with E-state index in [2.05, 4.69) is 4.98 Å². The standard InChI is InChI=1S/C20H29N3O4/c1-6-13-23(19(26)27-20(2,3)4)16(18(24)25)11-12-17-21-14-9-7-8-10-15(14)22(17)5/h7-10,16H,6,11-13H2,1-5H3,(H,24,25)/t16-/m0/s1. The van der Waals surface area contributed by atoms with Crippen LogP contribution in [0.4, 0.5) is 4.79 Å². The van der Waals surface area contributed by atoms with Crippen LogP contribution in [-0.4, -0.2) is 49.8 Å². The van der Waals surface area contributed by atoms with E-state index in [0.29, 0.717) is 19.4 Å². The Hall–Kier alpha value is -2.57. The van der Waals surface area contributed by atoms with Crippen LogP contribution in [0.15, 0.2) is 24.3 Å². The molecule has 0 bridgehead atoms. The van der Waals surface area contributed by atoms with Gasteiger partial charge in [0.2, 0.25) is 0 Å². The van der Waals surface area contributed by atoms with Gasteiger partial charge >= 0.3 is 12.1 Å². The lowest BCUT2D eigenvalue weighted by Crippen LogP contribution is -2.47. The lowest BCUT2D eigenvalue weighted by molar-refractivity contribution is -0.143. The van der Waals surface area contributed by atoms with Gasteiger partial charge < -0.3 is 14.4 Å². The number of carbonyl (C=O) groups excluding carboxylic acids is 1. The van der Waals surface area contributed by atoms with Crippen LogP contribution in [0.25, 0.3) is 11.0 Å². The molecule has 7 nitrogen and oxygen atoms in total. The number of aromatic nitrogens is 2. The Morgan fingerprint density at radius 3 is 2.52 bits per heavy atom. The fourth-order valence-electron chi connectivity index (χ4n) is 3.03. The third kappa shape index (κ3) is 5.21. The molecule has 1 atom stereocenters. The maximum absolute atomic E-state index is 12.5. The Morgan fingerprint density at radius 2 is 1.96 bits per heavy atom. The van der Waals surface area contributed by atoms with Crippen molar-refractivity contribution in [2.45, 2.75) is 58.6 Å². The van der Waals surface area contributed by atoms with Crippen molar-refractivity contribution in [3.63, 3.8) is 0 Å². The molecule has 0 radical (unpaired) electrons. The van der Waals surface area contributed by atoms with Crippen LogP contribution in [0.5, 0.6) is 0 Å². The molecule has 0 aliphatic rings. The molecule has 1 heterocycles. The summed E-state index contributed by atoms with van der Waals surface area (Å²) in [7, 11) is 1.91. The lowest BCUT2D eigenvalue weighted by Gasteiger charge is -2.31. The summed E-state index contributed by atoms with van der Waals surface area (Å²) in [4.78, 5) is 30.3. The Morgan fingerprint density at radius 1 is 1.30 bits per heavy atom. The first-order valence-electron chi connectivity index (χ1n) is 9.26. The molecular weight excluding hydrogens is 346 g/mol. The van der Waals surface area contributed by atoms with Gasteiger partial charge in [-0.25, -0.2) is 14.6 Å². The van der Waals surface area contributed by atoms with Crippen LogP contribution in [0.2, 0.25) is 0 Å². The summed E-state index contributed by atoms with van der Waals surface area (Å²) in [5.41, 5.74) is 1.19. The zero-order valence-corrected chi connectivity index (χ0v) is 16.7. The summed E-state index contributed by atoms with van der Waals surface area (Å²) >= 11 is 0. The largest absolute Gasteiger partial charge is 0.480 e. The van der Waals surface area contributed by atoms with Crippen molar-refractivity contribution in [2.24, 2.45) is 7.05 Å². The highest BCUT2D eigenvalue weighted by Crippen LogP contribution is 2.19. The van der Waals surface area contributed by atoms with E-state index in [-0.39, 0.29) is 6.42 Å². The molecule has 0 aliphatic carbocycles. The Bertz CT molecular complexity index is 807. The SMILES string of the molecule is CCCN(C(=O)OC(C)(C)C)[C@@H](CCc1nc2ccccc2n1C)C(=O)O. The van der Waals surface area contributed by atoms with E-state index < -0.39 is 23.7 Å². The van der Waals surface area contributed by atoms with Gasteiger partial charge in [0.15, 0.2) is 0 Å². The van der Waals surface area contributed by atoms with Crippen molar-refractivity contribution in [1.29, 1.82) is 0 Å². The van der Waals surface area contributed by atoms with Crippen molar-refractivity contribution in [1.82, 2.24) is 14.5 Å². The molecule has 0 spiro atoms. The van der Waals surface area contributed by atoms with Gasteiger partial charge in [-0.15, -0.1) is 0 Å². The van der Waals surface area contributed by atoms with Crippen LogP contribution >= 0.6 is 0 Å². The monoisotopic (exact) mass is 375 g/mol. The van der Waals surface area contributed by atoms with Crippen molar-refractivity contribution in [3.8, 4) is 0 Å². The normalized spacial score (nSPS) is 12.8. The lowest BCUT2D eigenvalue weighted by atomic mass is 10.1. The Kier molecular flexibility index (Phi) is 6.46. The number of aryl methyl sites for hydroxylation is 2. The predicted molar refractivity (Wildman–Crippen MR) is 104 cm³/mol. The van der Waals surface area contributed by atoms with Gasteiger partial charge in [0, 0.05) is 20.0 Å². The van der Waals surface area contributed by atoms with Crippen molar-refractivity contribution < 1.29 is 19.4 Å². The zero-order chi connectivity index (χ0) is 20.2. The predicted octanol–water partition coefficient (Wildman–Crippen LogP) is 3.61. The van der Waals surface area contributed by atoms with Gasteiger partial charge in [-0.3, -0.25) is 4.90 Å². The van der Waals surface area contributed by atoms with Gasteiger partial charge in [0.25, 0.3) is 0 Å². The molecule has 0 unspecified atom stereocenters. The quantitative estimate of drug-likeness (QED) is 0.799.